The topological polar surface area (TPSA) is 26.9 Å². The van der Waals surface area contributed by atoms with Crippen molar-refractivity contribution in [3.63, 3.8) is 0 Å². The lowest BCUT2D eigenvalue weighted by Gasteiger charge is -2.13. The summed E-state index contributed by atoms with van der Waals surface area (Å²) in [6, 6.07) is 14.6. The Hall–Kier alpha value is -1.91. The number of hydrogen-bond acceptors (Lipinski definition) is 2. The van der Waals surface area contributed by atoms with Crippen LogP contribution < -0.4 is 5.56 Å². The molecule has 5 heteroatoms. The van der Waals surface area contributed by atoms with Gasteiger partial charge in [0, 0.05) is 7.05 Å². The van der Waals surface area contributed by atoms with Crippen molar-refractivity contribution in [1.29, 1.82) is 0 Å². The smallest absolute Gasteiger partial charge is 0.266 e. The Labute approximate surface area is 125 Å². The number of nitrogens with zero attached hydrogens (tertiary/aromatic N) is 2. The summed E-state index contributed by atoms with van der Waals surface area (Å²) in [5.74, 6) is 0. The average molecular weight is 303 g/mol. The van der Waals surface area contributed by atoms with Crippen molar-refractivity contribution in [2.45, 2.75) is 0 Å². The quantitative estimate of drug-likeness (QED) is 0.641. The number of fused-ring (bicyclic) bond motifs is 1. The first kappa shape index (κ1) is 13.1. The fourth-order valence-electron chi connectivity index (χ4n) is 2.25. The molecule has 100 valence electrons. The van der Waals surface area contributed by atoms with Crippen molar-refractivity contribution >= 4 is 34.7 Å². The fraction of sp³-hybridized carbons (Fsp3) is 0.0667. The van der Waals surface area contributed by atoms with Crippen LogP contribution >= 0.6 is 23.8 Å². The molecule has 0 aliphatic heterocycles. The Morgan fingerprint density at radius 3 is 2.45 bits per heavy atom. The fourth-order valence-corrected chi connectivity index (χ4v) is 2.75. The van der Waals surface area contributed by atoms with E-state index in [9.17, 15) is 4.79 Å². The van der Waals surface area contributed by atoms with Crippen LogP contribution in [0.25, 0.3) is 16.6 Å². The highest BCUT2D eigenvalue weighted by molar-refractivity contribution is 7.71. The van der Waals surface area contributed by atoms with Gasteiger partial charge in [-0.05, 0) is 36.5 Å². The summed E-state index contributed by atoms with van der Waals surface area (Å²) in [6.07, 6.45) is 0. The van der Waals surface area contributed by atoms with E-state index >= 15 is 0 Å². The lowest BCUT2D eigenvalue weighted by atomic mass is 10.2. The van der Waals surface area contributed by atoms with Crippen LogP contribution in [0.5, 0.6) is 0 Å². The van der Waals surface area contributed by atoms with Crippen LogP contribution in [0.1, 0.15) is 0 Å². The number of aryl methyl sites for hydroxylation is 1. The van der Waals surface area contributed by atoms with Crippen LogP contribution in [0.2, 0.25) is 5.02 Å². The summed E-state index contributed by atoms with van der Waals surface area (Å²) in [6.45, 7) is 0. The molecule has 0 bridgehead atoms. The normalized spacial score (nSPS) is 10.9. The Morgan fingerprint density at radius 1 is 1.05 bits per heavy atom. The Bertz CT molecular complexity index is 927. The first-order valence-corrected chi connectivity index (χ1v) is 6.85. The molecule has 0 aliphatic carbocycles. The van der Waals surface area contributed by atoms with E-state index in [0.717, 1.165) is 5.52 Å². The molecule has 0 aliphatic rings. The molecular formula is C15H11ClN2OS. The first-order chi connectivity index (χ1) is 9.61. The molecule has 1 aromatic heterocycles. The van der Waals surface area contributed by atoms with Gasteiger partial charge in [-0.25, -0.2) is 0 Å². The second-order valence-corrected chi connectivity index (χ2v) is 5.22. The summed E-state index contributed by atoms with van der Waals surface area (Å²) in [5.41, 5.74) is 1.26. The van der Waals surface area contributed by atoms with Crippen molar-refractivity contribution in [1.82, 2.24) is 9.13 Å². The first-order valence-electron chi connectivity index (χ1n) is 6.07. The molecule has 0 fully saturated rings. The van der Waals surface area contributed by atoms with E-state index in [4.69, 9.17) is 23.8 Å². The summed E-state index contributed by atoms with van der Waals surface area (Å²) < 4.78 is 3.71. The summed E-state index contributed by atoms with van der Waals surface area (Å²) in [4.78, 5) is 12.7. The van der Waals surface area contributed by atoms with Gasteiger partial charge in [0.2, 0.25) is 0 Å². The zero-order valence-electron chi connectivity index (χ0n) is 10.7. The van der Waals surface area contributed by atoms with E-state index in [1.54, 1.807) is 18.2 Å². The molecule has 0 amide bonds. The van der Waals surface area contributed by atoms with Gasteiger partial charge in [-0.2, -0.15) is 0 Å². The monoisotopic (exact) mass is 302 g/mol. The van der Waals surface area contributed by atoms with Crippen LogP contribution in [0.4, 0.5) is 0 Å². The number of rotatable bonds is 1. The molecule has 0 unspecified atom stereocenters. The van der Waals surface area contributed by atoms with E-state index < -0.39 is 0 Å². The molecule has 0 atom stereocenters. The minimum atomic E-state index is -0.156. The molecule has 0 spiro atoms. The van der Waals surface area contributed by atoms with Crippen LogP contribution in [0.15, 0.2) is 53.3 Å². The molecule has 0 saturated carbocycles. The molecule has 0 radical (unpaired) electrons. The van der Waals surface area contributed by atoms with Gasteiger partial charge in [-0.3, -0.25) is 9.36 Å². The minimum Gasteiger partial charge on any atom is -0.320 e. The second kappa shape index (κ2) is 4.89. The highest BCUT2D eigenvalue weighted by Gasteiger charge is 2.11. The highest BCUT2D eigenvalue weighted by Crippen LogP contribution is 2.20. The standard InChI is InChI=1S/C15H11ClN2OS/c1-17-12-8-4-2-6-10(12)14(19)18(15(17)20)13-9-5-3-7-11(13)16/h2-9H,1H3. The summed E-state index contributed by atoms with van der Waals surface area (Å²) in [5, 5.41) is 1.11. The third-order valence-corrected chi connectivity index (χ3v) is 4.05. The van der Waals surface area contributed by atoms with Crippen LogP contribution in [-0.4, -0.2) is 9.13 Å². The van der Waals surface area contributed by atoms with Gasteiger partial charge in [0.25, 0.3) is 5.56 Å². The molecule has 20 heavy (non-hydrogen) atoms. The van der Waals surface area contributed by atoms with Crippen molar-refractivity contribution in [3.05, 3.63) is 68.7 Å². The maximum atomic E-state index is 12.7. The summed E-state index contributed by atoms with van der Waals surface area (Å²) in [7, 11) is 1.84. The molecule has 1 heterocycles. The van der Waals surface area contributed by atoms with E-state index in [2.05, 4.69) is 0 Å². The van der Waals surface area contributed by atoms with Gasteiger partial charge >= 0.3 is 0 Å². The van der Waals surface area contributed by atoms with Gasteiger partial charge in [-0.1, -0.05) is 35.9 Å². The molecule has 0 N–H and O–H groups in total. The summed E-state index contributed by atoms with van der Waals surface area (Å²) >= 11 is 11.6. The van der Waals surface area contributed by atoms with E-state index in [1.165, 1.54) is 4.57 Å². The SMILES string of the molecule is Cn1c(=S)n(-c2ccccc2Cl)c(=O)c2ccccc21. The number of aromatic nitrogens is 2. The maximum absolute atomic E-state index is 12.7. The minimum absolute atomic E-state index is 0.156. The molecular weight excluding hydrogens is 292 g/mol. The zero-order valence-corrected chi connectivity index (χ0v) is 12.3. The Kier molecular flexibility index (Phi) is 3.20. The Morgan fingerprint density at radius 2 is 1.70 bits per heavy atom. The molecule has 3 nitrogen and oxygen atoms in total. The maximum Gasteiger partial charge on any atom is 0.266 e. The van der Waals surface area contributed by atoms with Gasteiger partial charge in [-0.15, -0.1) is 0 Å². The van der Waals surface area contributed by atoms with Gasteiger partial charge in [0.1, 0.15) is 0 Å². The molecule has 3 rings (SSSR count). The number of benzene rings is 2. The number of para-hydroxylation sites is 2. The van der Waals surface area contributed by atoms with Crippen LogP contribution in [0.3, 0.4) is 0 Å². The zero-order chi connectivity index (χ0) is 14.3. The molecule has 0 saturated heterocycles. The molecule has 2 aromatic carbocycles. The predicted molar refractivity (Wildman–Crippen MR) is 84.4 cm³/mol. The third kappa shape index (κ3) is 1.88. The predicted octanol–water partition coefficient (Wildman–Crippen LogP) is 3.71. The van der Waals surface area contributed by atoms with Crippen LogP contribution in [-0.2, 0) is 7.05 Å². The second-order valence-electron chi connectivity index (χ2n) is 4.45. The highest BCUT2D eigenvalue weighted by atomic mass is 35.5. The van der Waals surface area contributed by atoms with Crippen molar-refractivity contribution in [2.75, 3.05) is 0 Å². The third-order valence-electron chi connectivity index (χ3n) is 3.27. The van der Waals surface area contributed by atoms with Crippen molar-refractivity contribution in [3.8, 4) is 5.69 Å². The lowest BCUT2D eigenvalue weighted by Crippen LogP contribution is -2.23. The van der Waals surface area contributed by atoms with E-state index in [0.29, 0.717) is 20.9 Å². The number of halogens is 1. The van der Waals surface area contributed by atoms with Gasteiger partial charge in [0.15, 0.2) is 4.77 Å². The van der Waals surface area contributed by atoms with Gasteiger partial charge < -0.3 is 4.57 Å². The van der Waals surface area contributed by atoms with Crippen molar-refractivity contribution < 1.29 is 0 Å². The Balaban J connectivity index is 2.53. The van der Waals surface area contributed by atoms with E-state index in [-0.39, 0.29) is 5.56 Å². The van der Waals surface area contributed by atoms with Crippen molar-refractivity contribution in [2.24, 2.45) is 7.05 Å². The largest absolute Gasteiger partial charge is 0.320 e. The molecule has 3 aromatic rings. The van der Waals surface area contributed by atoms with Crippen LogP contribution in [0, 0.1) is 4.77 Å². The average Bonchev–Trinajstić information content (AvgIpc) is 2.47. The van der Waals surface area contributed by atoms with Gasteiger partial charge in [0.05, 0.1) is 21.6 Å². The number of hydrogen-bond donors (Lipinski definition) is 0. The van der Waals surface area contributed by atoms with E-state index in [1.807, 2.05) is 41.9 Å². The lowest BCUT2D eigenvalue weighted by molar-refractivity contribution is 0.810.